The second-order valence-corrected chi connectivity index (χ2v) is 13.1. The number of halogens is 1. The first-order valence-corrected chi connectivity index (χ1v) is 16.1. The lowest BCUT2D eigenvalue weighted by molar-refractivity contribution is -0.141. The van der Waals surface area contributed by atoms with Crippen LogP contribution in [0.3, 0.4) is 0 Å². The Morgan fingerprint density at radius 1 is 0.927 bits per heavy atom. The molecule has 0 saturated carbocycles. The molecular formula is C32H40ClN3O4S. The Labute approximate surface area is 249 Å². The van der Waals surface area contributed by atoms with Gasteiger partial charge in [0.15, 0.2) is 0 Å². The molecule has 41 heavy (non-hydrogen) atoms. The van der Waals surface area contributed by atoms with E-state index in [-0.39, 0.29) is 43.7 Å². The van der Waals surface area contributed by atoms with Crippen molar-refractivity contribution in [2.75, 3.05) is 23.7 Å². The highest BCUT2D eigenvalue weighted by Crippen LogP contribution is 2.21. The maximum atomic E-state index is 13.9. The van der Waals surface area contributed by atoms with Crippen LogP contribution in [0, 0.1) is 12.8 Å². The van der Waals surface area contributed by atoms with Crippen molar-refractivity contribution in [2.24, 2.45) is 5.92 Å². The van der Waals surface area contributed by atoms with Gasteiger partial charge in [0.1, 0.15) is 6.04 Å². The summed E-state index contributed by atoms with van der Waals surface area (Å²) >= 11 is 6.25. The molecule has 3 aromatic rings. The third-order valence-corrected chi connectivity index (χ3v) is 8.10. The minimum absolute atomic E-state index is 0.0706. The van der Waals surface area contributed by atoms with Gasteiger partial charge in [-0.05, 0) is 54.7 Å². The minimum atomic E-state index is -3.56. The van der Waals surface area contributed by atoms with Gasteiger partial charge in [-0.3, -0.25) is 13.9 Å². The summed E-state index contributed by atoms with van der Waals surface area (Å²) in [5.74, 6) is -0.213. The number of rotatable bonds is 14. The van der Waals surface area contributed by atoms with E-state index in [1.54, 1.807) is 29.2 Å². The highest BCUT2D eigenvalue weighted by atomic mass is 35.5. The Bertz CT molecular complexity index is 1400. The Morgan fingerprint density at radius 3 is 2.20 bits per heavy atom. The number of nitrogens with zero attached hydrogens (tertiary/aromatic N) is 2. The standard InChI is InChI=1S/C32H40ClN3O4S/c1-24(2)22-34-32(38)30(21-26-10-6-5-7-11-26)35(23-27-12-8-13-28(33)20-27)31(37)14-9-19-36(41(4,39)40)29-17-15-25(3)16-18-29/h5-8,10-13,15-18,20,24,30H,9,14,19,21-23H2,1-4H3,(H,34,38). The lowest BCUT2D eigenvalue weighted by Gasteiger charge is -2.32. The molecule has 1 atom stereocenters. The zero-order valence-electron chi connectivity index (χ0n) is 24.2. The van der Waals surface area contributed by atoms with Crippen molar-refractivity contribution in [3.8, 4) is 0 Å². The molecule has 220 valence electrons. The summed E-state index contributed by atoms with van der Waals surface area (Å²) in [5, 5.41) is 3.55. The molecule has 0 bridgehead atoms. The molecular weight excluding hydrogens is 558 g/mol. The number of carbonyl (C=O) groups excluding carboxylic acids is 2. The first kappa shape index (κ1) is 32.2. The van der Waals surface area contributed by atoms with Crippen molar-refractivity contribution >= 4 is 39.1 Å². The largest absolute Gasteiger partial charge is 0.354 e. The number of sulfonamides is 1. The monoisotopic (exact) mass is 597 g/mol. The van der Waals surface area contributed by atoms with Crippen LogP contribution in [0.5, 0.6) is 0 Å². The zero-order chi connectivity index (χ0) is 30.0. The Balaban J connectivity index is 1.87. The second kappa shape index (κ2) is 15.0. The van der Waals surface area contributed by atoms with Crippen LogP contribution in [0.4, 0.5) is 5.69 Å². The third kappa shape index (κ3) is 10.2. The first-order chi connectivity index (χ1) is 19.4. The van der Waals surface area contributed by atoms with Gasteiger partial charge in [0, 0.05) is 37.5 Å². The summed E-state index contributed by atoms with van der Waals surface area (Å²) in [6.07, 6.45) is 1.86. The van der Waals surface area contributed by atoms with E-state index in [4.69, 9.17) is 11.6 Å². The van der Waals surface area contributed by atoms with Crippen LogP contribution in [0.1, 0.15) is 43.4 Å². The molecule has 9 heteroatoms. The Morgan fingerprint density at radius 2 is 1.59 bits per heavy atom. The summed E-state index contributed by atoms with van der Waals surface area (Å²) in [6.45, 7) is 6.79. The topological polar surface area (TPSA) is 86.8 Å². The Kier molecular flexibility index (Phi) is 11.8. The molecule has 3 rings (SSSR count). The van der Waals surface area contributed by atoms with Crippen LogP contribution in [-0.2, 0) is 32.6 Å². The van der Waals surface area contributed by atoms with Crippen molar-refractivity contribution < 1.29 is 18.0 Å². The second-order valence-electron chi connectivity index (χ2n) is 10.8. The van der Waals surface area contributed by atoms with Crippen LogP contribution < -0.4 is 9.62 Å². The van der Waals surface area contributed by atoms with E-state index < -0.39 is 16.1 Å². The number of benzene rings is 3. The van der Waals surface area contributed by atoms with Crippen molar-refractivity contribution in [2.45, 2.75) is 52.6 Å². The maximum absolute atomic E-state index is 13.9. The van der Waals surface area contributed by atoms with E-state index in [9.17, 15) is 18.0 Å². The lowest BCUT2D eigenvalue weighted by Crippen LogP contribution is -2.51. The molecule has 0 heterocycles. The van der Waals surface area contributed by atoms with E-state index in [2.05, 4.69) is 5.32 Å². The van der Waals surface area contributed by atoms with Gasteiger partial charge in [-0.25, -0.2) is 8.42 Å². The van der Waals surface area contributed by atoms with Gasteiger partial charge < -0.3 is 10.2 Å². The van der Waals surface area contributed by atoms with E-state index in [0.717, 1.165) is 22.9 Å². The minimum Gasteiger partial charge on any atom is -0.354 e. The molecule has 7 nitrogen and oxygen atoms in total. The van der Waals surface area contributed by atoms with Gasteiger partial charge >= 0.3 is 0 Å². The first-order valence-electron chi connectivity index (χ1n) is 13.8. The van der Waals surface area contributed by atoms with Crippen molar-refractivity contribution in [3.63, 3.8) is 0 Å². The van der Waals surface area contributed by atoms with Gasteiger partial charge in [-0.1, -0.05) is 85.6 Å². The Hall–Kier alpha value is -3.36. The highest BCUT2D eigenvalue weighted by Gasteiger charge is 2.30. The quantitative estimate of drug-likeness (QED) is 0.262. The number of anilines is 1. The number of amides is 2. The fourth-order valence-electron chi connectivity index (χ4n) is 4.52. The molecule has 3 aromatic carbocycles. The van der Waals surface area contributed by atoms with Crippen molar-refractivity contribution in [1.82, 2.24) is 10.2 Å². The molecule has 1 N–H and O–H groups in total. The molecule has 0 fully saturated rings. The van der Waals surface area contributed by atoms with Gasteiger partial charge in [0.2, 0.25) is 21.8 Å². The molecule has 1 unspecified atom stereocenters. The molecule has 0 saturated heterocycles. The molecule has 0 radical (unpaired) electrons. The summed E-state index contributed by atoms with van der Waals surface area (Å²) in [5.41, 5.74) is 3.31. The molecule has 0 spiro atoms. The van der Waals surface area contributed by atoms with Gasteiger partial charge in [0.05, 0.1) is 11.9 Å². The van der Waals surface area contributed by atoms with E-state index in [0.29, 0.717) is 23.7 Å². The molecule has 0 aromatic heterocycles. The van der Waals surface area contributed by atoms with Crippen LogP contribution in [0.15, 0.2) is 78.9 Å². The van der Waals surface area contributed by atoms with E-state index >= 15 is 0 Å². The van der Waals surface area contributed by atoms with Gasteiger partial charge in [0.25, 0.3) is 0 Å². The SMILES string of the molecule is Cc1ccc(N(CCCC(=O)N(Cc2cccc(Cl)c2)C(Cc2ccccc2)C(=O)NCC(C)C)S(C)(=O)=O)cc1. The fraction of sp³-hybridized carbons (Fsp3) is 0.375. The fourth-order valence-corrected chi connectivity index (χ4v) is 5.70. The summed E-state index contributed by atoms with van der Waals surface area (Å²) in [4.78, 5) is 29.0. The predicted molar refractivity (Wildman–Crippen MR) is 166 cm³/mol. The van der Waals surface area contributed by atoms with E-state index in [1.807, 2.05) is 75.4 Å². The maximum Gasteiger partial charge on any atom is 0.243 e. The third-order valence-electron chi connectivity index (χ3n) is 6.67. The summed E-state index contributed by atoms with van der Waals surface area (Å²) < 4.78 is 26.5. The average molecular weight is 598 g/mol. The van der Waals surface area contributed by atoms with Crippen molar-refractivity contribution in [1.29, 1.82) is 0 Å². The lowest BCUT2D eigenvalue weighted by atomic mass is 10.0. The van der Waals surface area contributed by atoms with Crippen LogP contribution in [0.2, 0.25) is 5.02 Å². The average Bonchev–Trinajstić information content (AvgIpc) is 2.92. The smallest absolute Gasteiger partial charge is 0.243 e. The molecule has 0 aliphatic carbocycles. The van der Waals surface area contributed by atoms with Gasteiger partial charge in [-0.15, -0.1) is 0 Å². The number of carbonyl (C=O) groups is 2. The number of hydrogen-bond donors (Lipinski definition) is 1. The highest BCUT2D eigenvalue weighted by molar-refractivity contribution is 7.92. The van der Waals surface area contributed by atoms with Crippen LogP contribution in [-0.4, -0.2) is 50.5 Å². The van der Waals surface area contributed by atoms with Crippen molar-refractivity contribution in [3.05, 3.63) is 101 Å². The molecule has 0 aliphatic rings. The molecule has 2 amide bonds. The van der Waals surface area contributed by atoms with E-state index in [1.165, 1.54) is 4.31 Å². The number of nitrogens with one attached hydrogen (secondary N) is 1. The zero-order valence-corrected chi connectivity index (χ0v) is 25.8. The van der Waals surface area contributed by atoms with Crippen LogP contribution >= 0.6 is 11.6 Å². The predicted octanol–water partition coefficient (Wildman–Crippen LogP) is 5.61. The van der Waals surface area contributed by atoms with Crippen LogP contribution in [0.25, 0.3) is 0 Å². The summed E-state index contributed by atoms with van der Waals surface area (Å²) in [6, 6.07) is 23.3. The van der Waals surface area contributed by atoms with Gasteiger partial charge in [-0.2, -0.15) is 0 Å². The summed E-state index contributed by atoms with van der Waals surface area (Å²) in [7, 11) is -3.56. The number of aryl methyl sites for hydroxylation is 1. The molecule has 0 aliphatic heterocycles. The number of hydrogen-bond acceptors (Lipinski definition) is 4. The normalized spacial score (nSPS) is 12.1.